The van der Waals surface area contributed by atoms with Crippen LogP contribution >= 0.6 is 0 Å². The molecule has 1 aliphatic carbocycles. The van der Waals surface area contributed by atoms with E-state index in [9.17, 15) is 0 Å². The summed E-state index contributed by atoms with van der Waals surface area (Å²) in [4.78, 5) is 4.78. The molecule has 5 N–H and O–H groups in total. The van der Waals surface area contributed by atoms with Gasteiger partial charge < -0.3 is 25.4 Å². The molecule has 32 heavy (non-hydrogen) atoms. The van der Waals surface area contributed by atoms with Crippen molar-refractivity contribution in [3.63, 3.8) is 0 Å². The number of quaternary nitrogens is 1. The number of aliphatic hydroxyl groups is 1. The van der Waals surface area contributed by atoms with Crippen molar-refractivity contribution in [1.82, 2.24) is 9.61 Å². The first-order valence-electron chi connectivity index (χ1n) is 11.1. The molecule has 0 unspecified atom stereocenters. The summed E-state index contributed by atoms with van der Waals surface area (Å²) < 4.78 is 8.38. The van der Waals surface area contributed by atoms with Gasteiger partial charge in [0.25, 0.3) is 0 Å². The molecule has 4 rings (SSSR count). The average molecular weight is 439 g/mol. The van der Waals surface area contributed by atoms with E-state index in [-0.39, 0.29) is 18.9 Å². The summed E-state index contributed by atoms with van der Waals surface area (Å²) >= 11 is 0. The molecule has 1 fully saturated rings. The highest BCUT2D eigenvalue weighted by Gasteiger charge is 2.24. The molecule has 170 valence electrons. The molecule has 0 aromatic carbocycles. The summed E-state index contributed by atoms with van der Waals surface area (Å²) in [5, 5.41) is 25.6. The Hall–Kier alpha value is -3.17. The number of nitrogens with two attached hydrogens (primary N) is 1. The molecule has 0 radical (unpaired) electrons. The Morgan fingerprint density at radius 2 is 2.09 bits per heavy atom. The Labute approximate surface area is 188 Å². The number of piperidine rings is 1. The van der Waals surface area contributed by atoms with E-state index in [1.54, 1.807) is 10.6 Å². The van der Waals surface area contributed by atoms with Crippen LogP contribution in [0.2, 0.25) is 0 Å². The van der Waals surface area contributed by atoms with Crippen LogP contribution in [-0.2, 0) is 4.74 Å². The van der Waals surface area contributed by atoms with E-state index in [4.69, 9.17) is 26.0 Å². The maximum absolute atomic E-state index is 9.05. The van der Waals surface area contributed by atoms with E-state index in [0.717, 1.165) is 23.1 Å². The molecule has 9 nitrogen and oxygen atoms in total. The zero-order chi connectivity index (χ0) is 22.6. The number of allylic oxidation sites excluding steroid dienone is 2. The molecule has 0 spiro atoms. The molecule has 0 bridgehead atoms. The maximum atomic E-state index is 9.05. The Balaban J connectivity index is 1.61. The van der Waals surface area contributed by atoms with Crippen molar-refractivity contribution < 1.29 is 14.3 Å². The van der Waals surface area contributed by atoms with Gasteiger partial charge in [0.15, 0.2) is 5.82 Å². The highest BCUT2D eigenvalue weighted by atomic mass is 16.5. The minimum atomic E-state index is -0.117. The second kappa shape index (κ2) is 9.54. The van der Waals surface area contributed by atoms with Crippen molar-refractivity contribution >= 4 is 28.4 Å². The van der Waals surface area contributed by atoms with E-state index >= 15 is 0 Å². The third-order valence-corrected chi connectivity index (χ3v) is 6.06. The highest BCUT2D eigenvalue weighted by Crippen LogP contribution is 2.31. The summed E-state index contributed by atoms with van der Waals surface area (Å²) in [5.41, 5.74) is 8.48. The molecular formula is C23H32N7O2+. The summed E-state index contributed by atoms with van der Waals surface area (Å²) in [6.07, 6.45) is 8.95. The number of nitrogens with one attached hydrogen (secondary N) is 2. The lowest BCUT2D eigenvalue weighted by Crippen LogP contribution is -2.50. The zero-order valence-corrected chi connectivity index (χ0v) is 18.5. The van der Waals surface area contributed by atoms with Crippen LogP contribution < -0.4 is 11.1 Å². The van der Waals surface area contributed by atoms with Gasteiger partial charge in [0, 0.05) is 12.3 Å². The van der Waals surface area contributed by atoms with Gasteiger partial charge in [-0.3, -0.25) is 5.41 Å². The number of aliphatic hydroxyl groups excluding tert-OH is 1. The van der Waals surface area contributed by atoms with Crippen molar-refractivity contribution in [3.8, 4) is 0 Å². The second-order valence-corrected chi connectivity index (χ2v) is 8.60. The SMILES string of the molecule is C[N+]1(CCNc2nn3ccccc3c2N=C2C=C(OCCO)C(N)=CC2=N)CCCCC1. The van der Waals surface area contributed by atoms with Crippen LogP contribution in [0.5, 0.6) is 0 Å². The first-order valence-corrected chi connectivity index (χ1v) is 11.1. The fourth-order valence-corrected chi connectivity index (χ4v) is 4.24. The Morgan fingerprint density at radius 3 is 2.88 bits per heavy atom. The number of likely N-dealkylation sites (N-methyl/N-ethyl adjacent to an activating group) is 1. The summed E-state index contributed by atoms with van der Waals surface area (Å²) in [7, 11) is 2.32. The lowest BCUT2D eigenvalue weighted by Gasteiger charge is -2.37. The van der Waals surface area contributed by atoms with Crippen molar-refractivity contribution in [1.29, 1.82) is 5.41 Å². The van der Waals surface area contributed by atoms with Crippen molar-refractivity contribution in [3.05, 3.63) is 48.0 Å². The van der Waals surface area contributed by atoms with Crippen LogP contribution in [0.15, 0.2) is 53.0 Å². The number of fused-ring (bicyclic) bond motifs is 1. The summed E-state index contributed by atoms with van der Waals surface area (Å²) in [5.74, 6) is 1.09. The van der Waals surface area contributed by atoms with E-state index in [1.807, 2.05) is 24.4 Å². The first kappa shape index (κ1) is 22.0. The monoisotopic (exact) mass is 438 g/mol. The van der Waals surface area contributed by atoms with Crippen LogP contribution in [0.4, 0.5) is 11.5 Å². The van der Waals surface area contributed by atoms with E-state index in [0.29, 0.717) is 28.7 Å². The van der Waals surface area contributed by atoms with Gasteiger partial charge in [0.05, 0.1) is 62.5 Å². The maximum Gasteiger partial charge on any atom is 0.175 e. The molecule has 1 saturated heterocycles. The number of likely N-dealkylation sites (tertiary alicyclic amines) is 1. The molecule has 0 atom stereocenters. The third-order valence-electron chi connectivity index (χ3n) is 6.06. The van der Waals surface area contributed by atoms with Crippen LogP contribution in [0, 0.1) is 5.41 Å². The smallest absolute Gasteiger partial charge is 0.175 e. The standard InChI is InChI=1S/C23H32N7O2/c1-30(10-5-2-6-11-30)12-8-26-23-22(20-7-3-4-9-29(20)28-23)27-19-16-21(32-14-13-31)18(25)15-17(19)24/h3-4,7,9,15-16,24,31H,2,5-6,8,10-14,25H2,1H3,(H,26,28)/q+1. The molecule has 0 amide bonds. The lowest BCUT2D eigenvalue weighted by atomic mass is 10.1. The number of nitrogens with zero attached hydrogens (tertiary/aromatic N) is 4. The Morgan fingerprint density at radius 1 is 1.28 bits per heavy atom. The van der Waals surface area contributed by atoms with Crippen LogP contribution in [0.1, 0.15) is 19.3 Å². The van der Waals surface area contributed by atoms with Gasteiger partial charge in [-0.2, -0.15) is 0 Å². The van der Waals surface area contributed by atoms with E-state index < -0.39 is 0 Å². The van der Waals surface area contributed by atoms with Gasteiger partial charge >= 0.3 is 0 Å². The number of ether oxygens (including phenoxy) is 1. The van der Waals surface area contributed by atoms with Crippen LogP contribution in [-0.4, -0.2) is 77.1 Å². The molecule has 9 heteroatoms. The Bertz CT molecular complexity index is 1080. The molecule has 2 aromatic rings. The second-order valence-electron chi connectivity index (χ2n) is 8.60. The van der Waals surface area contributed by atoms with Gasteiger partial charge in [0.1, 0.15) is 18.1 Å². The molecule has 3 heterocycles. The number of hydrogen-bond acceptors (Lipinski definition) is 7. The van der Waals surface area contributed by atoms with E-state index in [2.05, 4.69) is 17.5 Å². The topological polar surface area (TPSA) is 121 Å². The largest absolute Gasteiger partial charge is 0.489 e. The molecule has 0 saturated carbocycles. The van der Waals surface area contributed by atoms with E-state index in [1.165, 1.54) is 38.4 Å². The molecule has 2 aliphatic rings. The molecular weight excluding hydrogens is 406 g/mol. The van der Waals surface area contributed by atoms with Gasteiger partial charge in [-0.25, -0.2) is 9.51 Å². The zero-order valence-electron chi connectivity index (χ0n) is 18.5. The van der Waals surface area contributed by atoms with Crippen molar-refractivity contribution in [2.75, 3.05) is 51.8 Å². The number of aromatic nitrogens is 2. The van der Waals surface area contributed by atoms with Crippen molar-refractivity contribution in [2.24, 2.45) is 10.7 Å². The summed E-state index contributed by atoms with van der Waals surface area (Å²) in [6.45, 7) is 4.26. The molecule has 2 aromatic heterocycles. The van der Waals surface area contributed by atoms with Gasteiger partial charge in [0.2, 0.25) is 0 Å². The van der Waals surface area contributed by atoms with Crippen LogP contribution in [0.25, 0.3) is 5.52 Å². The van der Waals surface area contributed by atoms with Crippen LogP contribution in [0.3, 0.4) is 0 Å². The van der Waals surface area contributed by atoms with Crippen molar-refractivity contribution in [2.45, 2.75) is 19.3 Å². The quantitative estimate of drug-likeness (QED) is 0.372. The fraction of sp³-hybridized carbons (Fsp3) is 0.435. The molecule has 1 aliphatic heterocycles. The number of pyridine rings is 1. The minimum absolute atomic E-state index is 0.117. The number of anilines is 1. The lowest BCUT2D eigenvalue weighted by molar-refractivity contribution is -0.912. The third kappa shape index (κ3) is 4.84. The normalized spacial score (nSPS) is 19.7. The fourth-order valence-electron chi connectivity index (χ4n) is 4.24. The first-order chi connectivity index (χ1) is 15.5. The number of rotatable bonds is 8. The average Bonchev–Trinajstić information content (AvgIpc) is 3.12. The van der Waals surface area contributed by atoms with Gasteiger partial charge in [-0.15, -0.1) is 5.10 Å². The van der Waals surface area contributed by atoms with Gasteiger partial charge in [-0.05, 0) is 37.5 Å². The number of aliphatic imine (C=N–C) groups is 1. The predicted octanol–water partition coefficient (Wildman–Crippen LogP) is 2.22. The Kier molecular flexibility index (Phi) is 6.57. The minimum Gasteiger partial charge on any atom is -0.489 e. The summed E-state index contributed by atoms with van der Waals surface area (Å²) in [6, 6.07) is 5.83. The predicted molar refractivity (Wildman–Crippen MR) is 127 cm³/mol. The number of hydrogen-bond donors (Lipinski definition) is 4. The van der Waals surface area contributed by atoms with Gasteiger partial charge in [-0.1, -0.05) is 6.07 Å². The highest BCUT2D eigenvalue weighted by molar-refractivity contribution is 6.50.